The summed E-state index contributed by atoms with van der Waals surface area (Å²) in [5, 5.41) is 61.4. The predicted molar refractivity (Wildman–Crippen MR) is 97.0 cm³/mol. The molecule has 1 aliphatic carbocycles. The van der Waals surface area contributed by atoms with E-state index in [4.69, 9.17) is 9.47 Å². The van der Waals surface area contributed by atoms with Crippen LogP contribution in [0.1, 0.15) is 40.5 Å². The zero-order valence-corrected chi connectivity index (χ0v) is 16.6. The van der Waals surface area contributed by atoms with Gasteiger partial charge < -0.3 is 40.1 Å². The van der Waals surface area contributed by atoms with Gasteiger partial charge in [-0.1, -0.05) is 13.8 Å². The van der Waals surface area contributed by atoms with Crippen molar-refractivity contribution in [1.82, 2.24) is 0 Å². The molecule has 8 atom stereocenters. The molecule has 1 saturated carbocycles. The Morgan fingerprint density at radius 2 is 1.71 bits per heavy atom. The summed E-state index contributed by atoms with van der Waals surface area (Å²) in [6.45, 7) is 5.63. The number of carbonyl (C=O) groups excluding carboxylic acids is 1. The fourth-order valence-corrected chi connectivity index (χ4v) is 4.23. The summed E-state index contributed by atoms with van der Waals surface area (Å²) in [5.41, 5.74) is -4.29. The van der Waals surface area contributed by atoms with Gasteiger partial charge in [0.15, 0.2) is 12.1 Å². The normalized spacial score (nSPS) is 46.6. The molecule has 0 aromatic heterocycles. The minimum Gasteiger partial charge on any atom is -0.394 e. The van der Waals surface area contributed by atoms with Crippen LogP contribution in [0.15, 0.2) is 12.2 Å². The molecule has 6 N–H and O–H groups in total. The van der Waals surface area contributed by atoms with Crippen molar-refractivity contribution in [3.63, 3.8) is 0 Å². The van der Waals surface area contributed by atoms with Crippen LogP contribution in [0, 0.1) is 5.41 Å². The smallest absolute Gasteiger partial charge is 0.186 e. The molecular weight excluding hydrogens is 372 g/mol. The lowest BCUT2D eigenvalue weighted by atomic mass is 9.57. The van der Waals surface area contributed by atoms with Crippen LogP contribution in [0.5, 0.6) is 0 Å². The minimum absolute atomic E-state index is 0.0375. The van der Waals surface area contributed by atoms with Gasteiger partial charge in [-0.15, -0.1) is 0 Å². The molecule has 28 heavy (non-hydrogen) atoms. The van der Waals surface area contributed by atoms with Crippen molar-refractivity contribution in [3.05, 3.63) is 12.2 Å². The lowest BCUT2D eigenvalue weighted by molar-refractivity contribution is -0.326. The summed E-state index contributed by atoms with van der Waals surface area (Å²) in [6, 6.07) is 0. The highest BCUT2D eigenvalue weighted by Gasteiger charge is 2.59. The maximum Gasteiger partial charge on any atom is 0.186 e. The van der Waals surface area contributed by atoms with E-state index in [1.807, 2.05) is 0 Å². The van der Waals surface area contributed by atoms with E-state index in [2.05, 4.69) is 0 Å². The number of allylic oxidation sites excluding steroid dienone is 1. The number of ketones is 1. The number of aliphatic hydroxyl groups excluding tert-OH is 4. The average molecular weight is 404 g/mol. The fourth-order valence-electron chi connectivity index (χ4n) is 4.23. The van der Waals surface area contributed by atoms with Gasteiger partial charge in [-0.2, -0.15) is 0 Å². The number of aliphatic hydroxyl groups is 6. The van der Waals surface area contributed by atoms with Gasteiger partial charge in [0.25, 0.3) is 0 Å². The highest BCUT2D eigenvalue weighted by molar-refractivity contribution is 5.87. The van der Waals surface area contributed by atoms with Crippen molar-refractivity contribution in [2.45, 2.75) is 88.5 Å². The maximum absolute atomic E-state index is 11.3. The van der Waals surface area contributed by atoms with Crippen LogP contribution in [0.2, 0.25) is 0 Å². The molecule has 2 rings (SSSR count). The molecule has 1 heterocycles. The fraction of sp³-hybridized carbons (Fsp3) is 0.842. The topological polar surface area (TPSA) is 157 Å². The molecule has 0 spiro atoms. The van der Waals surface area contributed by atoms with Crippen LogP contribution in [0.25, 0.3) is 0 Å². The van der Waals surface area contributed by atoms with Crippen LogP contribution in [0.4, 0.5) is 0 Å². The summed E-state index contributed by atoms with van der Waals surface area (Å²) >= 11 is 0. The van der Waals surface area contributed by atoms with Crippen LogP contribution in [-0.2, 0) is 14.3 Å². The van der Waals surface area contributed by atoms with Crippen molar-refractivity contribution in [2.75, 3.05) is 6.61 Å². The number of rotatable bonds is 5. The quantitative estimate of drug-likeness (QED) is 0.304. The van der Waals surface area contributed by atoms with E-state index in [0.29, 0.717) is 0 Å². The Balaban J connectivity index is 2.21. The average Bonchev–Trinajstić information content (AvgIpc) is 2.57. The van der Waals surface area contributed by atoms with Gasteiger partial charge in [-0.3, -0.25) is 4.79 Å². The zero-order valence-electron chi connectivity index (χ0n) is 16.6. The second-order valence-electron chi connectivity index (χ2n) is 8.73. The first-order chi connectivity index (χ1) is 12.8. The van der Waals surface area contributed by atoms with Gasteiger partial charge >= 0.3 is 0 Å². The Bertz CT molecular complexity index is 580. The van der Waals surface area contributed by atoms with Crippen molar-refractivity contribution in [3.8, 4) is 0 Å². The third-order valence-electron chi connectivity index (χ3n) is 5.95. The molecule has 0 aromatic rings. The molecule has 0 bridgehead atoms. The van der Waals surface area contributed by atoms with E-state index in [-0.39, 0.29) is 18.6 Å². The van der Waals surface area contributed by atoms with Gasteiger partial charge in [0.2, 0.25) is 0 Å². The van der Waals surface area contributed by atoms with E-state index < -0.39 is 60.0 Å². The molecule has 162 valence electrons. The van der Waals surface area contributed by atoms with Crippen molar-refractivity contribution in [1.29, 1.82) is 0 Å². The number of hydrogen-bond donors (Lipinski definition) is 6. The summed E-state index contributed by atoms with van der Waals surface area (Å²) in [5.74, 6) is -0.264. The number of hydrogen-bond acceptors (Lipinski definition) is 9. The Labute approximate surface area is 164 Å². The SMILES string of the molecule is CC(=O)/C=C/[C@]1(O)C(C)(C)C[C@H](O[C@@H]2O[C@H](CO)[C@@H](O)[C@H](O)[C@H]2O)C[C@]1(C)O. The highest BCUT2D eigenvalue weighted by atomic mass is 16.7. The molecule has 2 fully saturated rings. The summed E-state index contributed by atoms with van der Waals surface area (Å²) in [4.78, 5) is 11.3. The second-order valence-corrected chi connectivity index (χ2v) is 8.73. The van der Waals surface area contributed by atoms with Crippen molar-refractivity contribution < 1.29 is 44.9 Å². The Morgan fingerprint density at radius 3 is 2.21 bits per heavy atom. The van der Waals surface area contributed by atoms with Crippen LogP contribution in [-0.4, -0.2) is 91.0 Å². The van der Waals surface area contributed by atoms with Crippen LogP contribution >= 0.6 is 0 Å². The molecule has 2 aliphatic rings. The van der Waals surface area contributed by atoms with Gasteiger partial charge in [0.1, 0.15) is 30.0 Å². The van der Waals surface area contributed by atoms with Crippen LogP contribution < -0.4 is 0 Å². The van der Waals surface area contributed by atoms with Gasteiger partial charge in [0, 0.05) is 11.8 Å². The molecule has 9 nitrogen and oxygen atoms in total. The standard InChI is InChI=1S/C19H32O9/c1-10(21)5-6-19(26)17(2,3)7-11(8-18(19,4)25)27-16-15(24)14(23)13(22)12(9-20)28-16/h5-6,11-16,20,22-26H,7-9H2,1-4H3/b6-5+/t11-,12+,13+,14-,15+,16+,18-,19-/m0/s1. The summed E-state index contributed by atoms with van der Waals surface area (Å²) < 4.78 is 11.1. The highest BCUT2D eigenvalue weighted by Crippen LogP contribution is 2.51. The Kier molecular flexibility index (Phi) is 6.74. The molecule has 0 aromatic carbocycles. The third kappa shape index (κ3) is 4.17. The third-order valence-corrected chi connectivity index (χ3v) is 5.95. The Hall–Kier alpha value is -0.910. The number of carbonyl (C=O) groups is 1. The Morgan fingerprint density at radius 1 is 1.11 bits per heavy atom. The first-order valence-electron chi connectivity index (χ1n) is 9.36. The van der Waals surface area contributed by atoms with E-state index in [0.717, 1.165) is 0 Å². The monoisotopic (exact) mass is 404 g/mol. The maximum atomic E-state index is 11.3. The van der Waals surface area contributed by atoms with E-state index in [1.165, 1.54) is 26.0 Å². The first-order valence-corrected chi connectivity index (χ1v) is 9.36. The molecule has 0 amide bonds. The largest absolute Gasteiger partial charge is 0.394 e. The molecule has 0 radical (unpaired) electrons. The zero-order chi connectivity index (χ0) is 21.5. The van der Waals surface area contributed by atoms with E-state index in [1.54, 1.807) is 13.8 Å². The van der Waals surface area contributed by atoms with E-state index >= 15 is 0 Å². The molecule has 9 heteroatoms. The summed E-state index contributed by atoms with van der Waals surface area (Å²) in [6.07, 6.45) is -4.98. The van der Waals surface area contributed by atoms with Crippen molar-refractivity contribution in [2.24, 2.45) is 5.41 Å². The van der Waals surface area contributed by atoms with Gasteiger partial charge in [-0.25, -0.2) is 0 Å². The van der Waals surface area contributed by atoms with E-state index in [9.17, 15) is 35.4 Å². The van der Waals surface area contributed by atoms with Gasteiger partial charge in [-0.05, 0) is 32.4 Å². The number of ether oxygens (including phenoxy) is 2. The summed E-state index contributed by atoms with van der Waals surface area (Å²) in [7, 11) is 0. The van der Waals surface area contributed by atoms with Gasteiger partial charge in [0.05, 0.1) is 18.3 Å². The molecule has 1 aliphatic heterocycles. The minimum atomic E-state index is -1.71. The predicted octanol–water partition coefficient (Wildman–Crippen LogP) is -1.38. The van der Waals surface area contributed by atoms with Crippen LogP contribution in [0.3, 0.4) is 0 Å². The molecular formula is C19H32O9. The van der Waals surface area contributed by atoms with Crippen molar-refractivity contribution >= 4 is 5.78 Å². The second kappa shape index (κ2) is 8.08. The molecule has 1 saturated heterocycles. The first kappa shape index (κ1) is 23.4. The lowest BCUT2D eigenvalue weighted by Crippen LogP contribution is -2.66. The molecule has 0 unspecified atom stereocenters. The lowest BCUT2D eigenvalue weighted by Gasteiger charge is -2.56.